The molecule has 0 radical (unpaired) electrons. The Bertz CT molecular complexity index is 535. The number of piperazine rings is 1. The van der Waals surface area contributed by atoms with Crippen LogP contribution in [-0.4, -0.2) is 64.9 Å². The topological polar surface area (TPSA) is 43.9 Å². The Balaban J connectivity index is 2.37. The van der Waals surface area contributed by atoms with Gasteiger partial charge in [-0.3, -0.25) is 0 Å². The highest BCUT2D eigenvalue weighted by molar-refractivity contribution is 7.89. The van der Waals surface area contributed by atoms with E-state index in [1.807, 2.05) is 12.1 Å². The van der Waals surface area contributed by atoms with Gasteiger partial charge in [-0.25, -0.2) is 12.7 Å². The molecule has 106 valence electrons. The number of para-hydroxylation sites is 1. The van der Waals surface area contributed by atoms with E-state index in [2.05, 4.69) is 16.8 Å². The highest BCUT2D eigenvalue weighted by Crippen LogP contribution is 2.27. The average Bonchev–Trinajstić information content (AvgIpc) is 2.39. The molecule has 0 N–H and O–H groups in total. The molecule has 1 fully saturated rings. The van der Waals surface area contributed by atoms with E-state index in [1.165, 1.54) is 4.31 Å². The van der Waals surface area contributed by atoms with Gasteiger partial charge in [0.1, 0.15) is 4.90 Å². The summed E-state index contributed by atoms with van der Waals surface area (Å²) in [6.45, 7) is 3.62. The Morgan fingerprint density at radius 2 is 1.63 bits per heavy atom. The smallest absolute Gasteiger partial charge is 0.244 e. The quantitative estimate of drug-likeness (QED) is 0.818. The minimum Gasteiger partial charge on any atom is -0.368 e. The molecule has 1 aromatic carbocycles. The van der Waals surface area contributed by atoms with Gasteiger partial charge in [0.25, 0.3) is 0 Å². The van der Waals surface area contributed by atoms with E-state index < -0.39 is 10.0 Å². The first-order valence-corrected chi connectivity index (χ1v) is 7.82. The van der Waals surface area contributed by atoms with E-state index in [-0.39, 0.29) is 0 Å². The van der Waals surface area contributed by atoms with Crippen LogP contribution in [-0.2, 0) is 10.0 Å². The zero-order valence-electron chi connectivity index (χ0n) is 11.7. The first-order chi connectivity index (χ1) is 8.93. The van der Waals surface area contributed by atoms with Crippen molar-refractivity contribution in [1.82, 2.24) is 9.21 Å². The van der Waals surface area contributed by atoms with E-state index >= 15 is 0 Å². The third-order valence-corrected chi connectivity index (χ3v) is 5.33. The lowest BCUT2D eigenvalue weighted by molar-refractivity contribution is 0.312. The molecule has 1 heterocycles. The van der Waals surface area contributed by atoms with Gasteiger partial charge in [-0.2, -0.15) is 0 Å². The summed E-state index contributed by atoms with van der Waals surface area (Å²) in [5.41, 5.74) is 0.810. The molecule has 0 saturated carbocycles. The monoisotopic (exact) mass is 283 g/mol. The zero-order chi connectivity index (χ0) is 14.0. The minimum absolute atomic E-state index is 0.393. The van der Waals surface area contributed by atoms with Gasteiger partial charge < -0.3 is 9.80 Å². The number of hydrogen-bond acceptors (Lipinski definition) is 4. The van der Waals surface area contributed by atoms with Crippen molar-refractivity contribution >= 4 is 15.7 Å². The van der Waals surface area contributed by atoms with Gasteiger partial charge >= 0.3 is 0 Å². The lowest BCUT2D eigenvalue weighted by Gasteiger charge is -2.35. The number of benzene rings is 1. The molecule has 1 saturated heterocycles. The van der Waals surface area contributed by atoms with Crippen molar-refractivity contribution in [3.63, 3.8) is 0 Å². The summed E-state index contributed by atoms with van der Waals surface area (Å²) in [7, 11) is 1.82. The fourth-order valence-electron chi connectivity index (χ4n) is 2.18. The van der Waals surface area contributed by atoms with Crippen LogP contribution < -0.4 is 4.90 Å². The number of rotatable bonds is 3. The molecule has 1 aliphatic rings. The van der Waals surface area contributed by atoms with Crippen LogP contribution in [0.4, 0.5) is 5.69 Å². The van der Waals surface area contributed by atoms with Crippen molar-refractivity contribution in [1.29, 1.82) is 0 Å². The largest absolute Gasteiger partial charge is 0.368 e. The van der Waals surface area contributed by atoms with E-state index in [4.69, 9.17) is 0 Å². The molecule has 0 bridgehead atoms. The maximum absolute atomic E-state index is 12.3. The van der Waals surface area contributed by atoms with Crippen molar-refractivity contribution in [2.24, 2.45) is 0 Å². The second-order valence-corrected chi connectivity index (χ2v) is 7.17. The second-order valence-electron chi connectivity index (χ2n) is 5.05. The van der Waals surface area contributed by atoms with Crippen molar-refractivity contribution in [3.05, 3.63) is 24.3 Å². The standard InChI is InChI=1S/C13H21N3O2S/c1-14(2)19(17,18)13-7-5-4-6-12(13)16-10-8-15(3)9-11-16/h4-7H,8-11H2,1-3H3. The van der Waals surface area contributed by atoms with Crippen LogP contribution in [0.5, 0.6) is 0 Å². The molecule has 6 heteroatoms. The summed E-state index contributed by atoms with van der Waals surface area (Å²) in [5.74, 6) is 0. The number of hydrogen-bond donors (Lipinski definition) is 0. The molecular weight excluding hydrogens is 262 g/mol. The first-order valence-electron chi connectivity index (χ1n) is 6.38. The Labute approximate surface area is 115 Å². The highest BCUT2D eigenvalue weighted by atomic mass is 32.2. The molecule has 1 aromatic rings. The summed E-state index contributed by atoms with van der Waals surface area (Å²) in [4.78, 5) is 4.79. The van der Waals surface area contributed by atoms with Gasteiger partial charge in [-0.1, -0.05) is 12.1 Å². The second kappa shape index (κ2) is 5.48. The number of anilines is 1. The lowest BCUT2D eigenvalue weighted by Crippen LogP contribution is -2.45. The molecule has 0 aromatic heterocycles. The summed E-state index contributed by atoms with van der Waals surface area (Å²) in [6, 6.07) is 7.24. The molecule has 0 amide bonds. The minimum atomic E-state index is -3.39. The van der Waals surface area contributed by atoms with Gasteiger partial charge in [0.2, 0.25) is 10.0 Å². The van der Waals surface area contributed by atoms with Crippen molar-refractivity contribution in [3.8, 4) is 0 Å². The average molecular weight is 283 g/mol. The molecule has 0 aliphatic carbocycles. The number of likely N-dealkylation sites (N-methyl/N-ethyl adjacent to an activating group) is 1. The highest BCUT2D eigenvalue weighted by Gasteiger charge is 2.25. The van der Waals surface area contributed by atoms with Crippen LogP contribution >= 0.6 is 0 Å². The van der Waals surface area contributed by atoms with Crippen molar-refractivity contribution < 1.29 is 8.42 Å². The molecule has 2 rings (SSSR count). The van der Waals surface area contributed by atoms with Crippen molar-refractivity contribution in [2.45, 2.75) is 4.90 Å². The Hall–Kier alpha value is -1.11. The summed E-state index contributed by atoms with van der Waals surface area (Å²) in [5, 5.41) is 0. The predicted octanol–water partition coefficient (Wildman–Crippen LogP) is 0.689. The van der Waals surface area contributed by atoms with E-state index in [9.17, 15) is 8.42 Å². The van der Waals surface area contributed by atoms with Crippen LogP contribution in [0.25, 0.3) is 0 Å². The van der Waals surface area contributed by atoms with E-state index in [0.717, 1.165) is 31.9 Å². The predicted molar refractivity (Wildman–Crippen MR) is 77.0 cm³/mol. The number of nitrogens with zero attached hydrogens (tertiary/aromatic N) is 3. The maximum Gasteiger partial charge on any atom is 0.244 e. The van der Waals surface area contributed by atoms with Gasteiger partial charge in [0.15, 0.2) is 0 Å². The van der Waals surface area contributed by atoms with Crippen LogP contribution in [0.2, 0.25) is 0 Å². The molecule has 5 nitrogen and oxygen atoms in total. The Kier molecular flexibility index (Phi) is 4.13. The third-order valence-electron chi connectivity index (χ3n) is 3.47. The Morgan fingerprint density at radius 1 is 1.05 bits per heavy atom. The van der Waals surface area contributed by atoms with Gasteiger partial charge in [-0.15, -0.1) is 0 Å². The van der Waals surface area contributed by atoms with E-state index in [1.54, 1.807) is 26.2 Å². The molecule has 1 aliphatic heterocycles. The summed E-state index contributed by atoms with van der Waals surface area (Å²) < 4.78 is 26.0. The SMILES string of the molecule is CN1CCN(c2ccccc2S(=O)(=O)N(C)C)CC1. The molecule has 0 unspecified atom stereocenters. The lowest BCUT2D eigenvalue weighted by atomic mass is 10.2. The third kappa shape index (κ3) is 2.91. The fraction of sp³-hybridized carbons (Fsp3) is 0.538. The fourth-order valence-corrected chi connectivity index (χ4v) is 3.29. The zero-order valence-corrected chi connectivity index (χ0v) is 12.5. The maximum atomic E-state index is 12.3. The van der Waals surface area contributed by atoms with E-state index in [0.29, 0.717) is 4.90 Å². The molecule has 19 heavy (non-hydrogen) atoms. The van der Waals surface area contributed by atoms with Crippen LogP contribution in [0.15, 0.2) is 29.2 Å². The number of sulfonamides is 1. The first kappa shape index (κ1) is 14.3. The normalized spacial score (nSPS) is 18.0. The van der Waals surface area contributed by atoms with Crippen LogP contribution in [0.1, 0.15) is 0 Å². The molecule has 0 atom stereocenters. The summed E-state index contributed by atoms with van der Waals surface area (Å²) >= 11 is 0. The van der Waals surface area contributed by atoms with Crippen molar-refractivity contribution in [2.75, 3.05) is 52.2 Å². The van der Waals surface area contributed by atoms with Gasteiger partial charge in [0.05, 0.1) is 5.69 Å². The summed E-state index contributed by atoms with van der Waals surface area (Å²) in [6.07, 6.45) is 0. The molecular formula is C13H21N3O2S. The van der Waals surface area contributed by atoms with Crippen LogP contribution in [0, 0.1) is 0 Å². The van der Waals surface area contributed by atoms with Crippen LogP contribution in [0.3, 0.4) is 0 Å². The van der Waals surface area contributed by atoms with Gasteiger partial charge in [-0.05, 0) is 19.2 Å². The Morgan fingerprint density at radius 3 is 2.21 bits per heavy atom. The molecule has 0 spiro atoms. The van der Waals surface area contributed by atoms with Gasteiger partial charge in [0, 0.05) is 40.3 Å².